The highest BCUT2D eigenvalue weighted by Gasteiger charge is 2.19. The molecule has 62 valence electrons. The SMILES string of the molecule is CC(=O)CC(=O)C(N)C(N)=O. The predicted molar refractivity (Wildman–Crippen MR) is 37.5 cm³/mol. The van der Waals surface area contributed by atoms with E-state index in [-0.39, 0.29) is 12.2 Å². The highest BCUT2D eigenvalue weighted by atomic mass is 16.2. The highest BCUT2D eigenvalue weighted by molar-refractivity contribution is 6.10. The van der Waals surface area contributed by atoms with Crippen LogP contribution in [0.3, 0.4) is 0 Å². The molecule has 0 rings (SSSR count). The second kappa shape index (κ2) is 3.82. The van der Waals surface area contributed by atoms with Crippen molar-refractivity contribution >= 4 is 17.5 Å². The maximum atomic E-state index is 10.7. The van der Waals surface area contributed by atoms with Crippen LogP contribution in [0.4, 0.5) is 0 Å². The first kappa shape index (κ1) is 9.77. The van der Waals surface area contributed by atoms with Gasteiger partial charge in [0.25, 0.3) is 0 Å². The summed E-state index contributed by atoms with van der Waals surface area (Å²) in [6.45, 7) is 1.24. The molecule has 1 unspecified atom stereocenters. The Morgan fingerprint density at radius 1 is 1.36 bits per heavy atom. The van der Waals surface area contributed by atoms with Crippen molar-refractivity contribution < 1.29 is 14.4 Å². The van der Waals surface area contributed by atoms with Crippen molar-refractivity contribution in [3.05, 3.63) is 0 Å². The lowest BCUT2D eigenvalue weighted by Gasteiger charge is -2.02. The van der Waals surface area contributed by atoms with Gasteiger partial charge in [0.1, 0.15) is 11.8 Å². The van der Waals surface area contributed by atoms with E-state index >= 15 is 0 Å². The summed E-state index contributed by atoms with van der Waals surface area (Å²) < 4.78 is 0. The van der Waals surface area contributed by atoms with Gasteiger partial charge in [-0.25, -0.2) is 0 Å². The van der Waals surface area contributed by atoms with Crippen LogP contribution in [0.1, 0.15) is 13.3 Å². The van der Waals surface area contributed by atoms with Crippen LogP contribution in [0.15, 0.2) is 0 Å². The molecule has 0 aliphatic carbocycles. The summed E-state index contributed by atoms with van der Waals surface area (Å²) in [6.07, 6.45) is -0.329. The fourth-order valence-corrected chi connectivity index (χ4v) is 0.514. The van der Waals surface area contributed by atoms with Crippen molar-refractivity contribution in [2.24, 2.45) is 11.5 Å². The number of carbonyl (C=O) groups excluding carboxylic acids is 3. The Morgan fingerprint density at radius 3 is 2.09 bits per heavy atom. The zero-order valence-corrected chi connectivity index (χ0v) is 6.16. The Bertz CT molecular complexity index is 200. The molecule has 0 heterocycles. The highest BCUT2D eigenvalue weighted by Crippen LogP contribution is 1.89. The molecule has 0 aromatic carbocycles. The fraction of sp³-hybridized carbons (Fsp3) is 0.500. The van der Waals surface area contributed by atoms with Crippen LogP contribution < -0.4 is 11.5 Å². The summed E-state index contributed by atoms with van der Waals surface area (Å²) in [4.78, 5) is 31.4. The Kier molecular flexibility index (Phi) is 3.39. The van der Waals surface area contributed by atoms with E-state index in [1.54, 1.807) is 0 Å². The monoisotopic (exact) mass is 158 g/mol. The number of hydrogen-bond acceptors (Lipinski definition) is 4. The summed E-state index contributed by atoms with van der Waals surface area (Å²) in [6, 6.07) is -1.35. The maximum absolute atomic E-state index is 10.7. The van der Waals surface area contributed by atoms with Crippen LogP contribution in [0.2, 0.25) is 0 Å². The van der Waals surface area contributed by atoms with Crippen molar-refractivity contribution in [2.45, 2.75) is 19.4 Å². The summed E-state index contributed by atoms with van der Waals surface area (Å²) in [5, 5.41) is 0. The van der Waals surface area contributed by atoms with Crippen LogP contribution in [0, 0.1) is 0 Å². The van der Waals surface area contributed by atoms with Gasteiger partial charge in [0.2, 0.25) is 5.91 Å². The van der Waals surface area contributed by atoms with Gasteiger partial charge in [0, 0.05) is 0 Å². The summed E-state index contributed by atoms with van der Waals surface area (Å²) in [5.74, 6) is -1.87. The minimum atomic E-state index is -1.35. The van der Waals surface area contributed by atoms with Gasteiger partial charge in [-0.2, -0.15) is 0 Å². The lowest BCUT2D eigenvalue weighted by molar-refractivity contribution is -0.130. The molecule has 1 amide bonds. The van der Waals surface area contributed by atoms with Gasteiger partial charge >= 0.3 is 0 Å². The van der Waals surface area contributed by atoms with Crippen molar-refractivity contribution in [3.8, 4) is 0 Å². The Hall–Kier alpha value is -1.23. The molecule has 0 bridgehead atoms. The van der Waals surface area contributed by atoms with E-state index in [1.807, 2.05) is 0 Å². The largest absolute Gasteiger partial charge is 0.368 e. The molecule has 5 nitrogen and oxygen atoms in total. The number of nitrogens with two attached hydrogens (primary N) is 2. The predicted octanol–water partition coefficient (Wildman–Crippen LogP) is -1.65. The van der Waals surface area contributed by atoms with E-state index in [9.17, 15) is 14.4 Å². The molecule has 0 radical (unpaired) electrons. The minimum absolute atomic E-state index is 0.327. The standard InChI is InChI=1S/C6H10N2O3/c1-3(9)2-4(10)5(7)6(8)11/h5H,2,7H2,1H3,(H2,8,11). The normalized spacial score (nSPS) is 12.2. The number of Topliss-reactive ketones (excluding diaryl/α,β-unsaturated/α-hetero) is 2. The van der Waals surface area contributed by atoms with E-state index in [2.05, 4.69) is 0 Å². The fourth-order valence-electron chi connectivity index (χ4n) is 0.514. The minimum Gasteiger partial charge on any atom is -0.368 e. The Balaban J connectivity index is 4.04. The maximum Gasteiger partial charge on any atom is 0.242 e. The molecule has 0 aromatic heterocycles. The van der Waals surface area contributed by atoms with E-state index in [0.717, 1.165) is 0 Å². The second-order valence-corrected chi connectivity index (χ2v) is 2.23. The molecule has 0 saturated carbocycles. The van der Waals surface area contributed by atoms with Crippen molar-refractivity contribution in [1.82, 2.24) is 0 Å². The number of carbonyl (C=O) groups is 3. The summed E-state index contributed by atoms with van der Waals surface area (Å²) in [5.41, 5.74) is 9.75. The van der Waals surface area contributed by atoms with Crippen LogP contribution in [0.5, 0.6) is 0 Å². The third-order valence-electron chi connectivity index (χ3n) is 1.08. The molecule has 0 saturated heterocycles. The number of hydrogen-bond donors (Lipinski definition) is 2. The van der Waals surface area contributed by atoms with Crippen molar-refractivity contribution in [3.63, 3.8) is 0 Å². The molecular weight excluding hydrogens is 148 g/mol. The first-order valence-corrected chi connectivity index (χ1v) is 3.02. The molecule has 4 N–H and O–H groups in total. The average molecular weight is 158 g/mol. The van der Waals surface area contributed by atoms with E-state index < -0.39 is 17.7 Å². The number of rotatable bonds is 4. The van der Waals surface area contributed by atoms with Crippen LogP contribution in [-0.4, -0.2) is 23.5 Å². The third-order valence-corrected chi connectivity index (χ3v) is 1.08. The van der Waals surface area contributed by atoms with E-state index in [1.165, 1.54) is 6.92 Å². The smallest absolute Gasteiger partial charge is 0.242 e. The van der Waals surface area contributed by atoms with Crippen LogP contribution in [0.25, 0.3) is 0 Å². The molecule has 1 atom stereocenters. The van der Waals surface area contributed by atoms with Gasteiger partial charge in [-0.15, -0.1) is 0 Å². The van der Waals surface area contributed by atoms with Gasteiger partial charge in [-0.05, 0) is 6.92 Å². The zero-order chi connectivity index (χ0) is 9.02. The first-order chi connectivity index (χ1) is 4.95. The number of ketones is 2. The van der Waals surface area contributed by atoms with Crippen LogP contribution >= 0.6 is 0 Å². The second-order valence-electron chi connectivity index (χ2n) is 2.23. The van der Waals surface area contributed by atoms with Gasteiger partial charge in [0.05, 0.1) is 6.42 Å². The van der Waals surface area contributed by atoms with Crippen LogP contribution in [-0.2, 0) is 14.4 Å². The van der Waals surface area contributed by atoms with Crippen molar-refractivity contribution in [2.75, 3.05) is 0 Å². The zero-order valence-electron chi connectivity index (χ0n) is 6.16. The quantitative estimate of drug-likeness (QED) is 0.478. The molecular formula is C6H10N2O3. The van der Waals surface area contributed by atoms with Crippen molar-refractivity contribution in [1.29, 1.82) is 0 Å². The van der Waals surface area contributed by atoms with E-state index in [0.29, 0.717) is 0 Å². The molecule has 0 fully saturated rings. The first-order valence-electron chi connectivity index (χ1n) is 3.02. The molecule has 0 aliphatic rings. The van der Waals surface area contributed by atoms with Gasteiger partial charge in [-0.3, -0.25) is 14.4 Å². The average Bonchev–Trinajstić information content (AvgIpc) is 1.84. The third kappa shape index (κ3) is 3.47. The van der Waals surface area contributed by atoms with E-state index in [4.69, 9.17) is 11.5 Å². The molecule has 0 aromatic rings. The number of amides is 1. The lowest BCUT2D eigenvalue weighted by atomic mass is 10.1. The lowest BCUT2D eigenvalue weighted by Crippen LogP contribution is -2.43. The Morgan fingerprint density at radius 2 is 1.82 bits per heavy atom. The molecule has 5 heteroatoms. The van der Waals surface area contributed by atoms with Gasteiger partial charge in [-0.1, -0.05) is 0 Å². The Labute approximate surface area is 63.7 Å². The summed E-state index contributed by atoms with van der Waals surface area (Å²) in [7, 11) is 0. The summed E-state index contributed by atoms with van der Waals surface area (Å²) >= 11 is 0. The topological polar surface area (TPSA) is 103 Å². The number of primary amides is 1. The molecule has 0 spiro atoms. The molecule has 0 aliphatic heterocycles. The van der Waals surface area contributed by atoms with Gasteiger partial charge < -0.3 is 11.5 Å². The molecule has 11 heavy (non-hydrogen) atoms. The van der Waals surface area contributed by atoms with Gasteiger partial charge in [0.15, 0.2) is 5.78 Å².